The Labute approximate surface area is 167 Å². The van der Waals surface area contributed by atoms with Crippen molar-refractivity contribution in [2.45, 2.75) is 70.7 Å². The first-order valence-electron chi connectivity index (χ1n) is 11.0. The van der Waals surface area contributed by atoms with Crippen molar-refractivity contribution in [1.29, 1.82) is 0 Å². The zero-order chi connectivity index (χ0) is 19.3. The molecule has 8 nitrogen and oxygen atoms in total. The lowest BCUT2D eigenvalue weighted by Crippen LogP contribution is -2.54. The molecular weight excluding hydrogens is 356 g/mol. The van der Waals surface area contributed by atoms with Crippen LogP contribution in [-0.2, 0) is 29.0 Å². The van der Waals surface area contributed by atoms with Crippen LogP contribution in [0, 0.1) is 0 Å². The fourth-order valence-corrected chi connectivity index (χ4v) is 4.50. The van der Waals surface area contributed by atoms with Crippen molar-refractivity contribution in [3.63, 3.8) is 0 Å². The van der Waals surface area contributed by atoms with E-state index in [4.69, 9.17) is 4.74 Å². The minimum absolute atomic E-state index is 0.0899. The van der Waals surface area contributed by atoms with Gasteiger partial charge in [-0.1, -0.05) is 6.42 Å². The number of hydrogen-bond donors (Lipinski definition) is 1. The Morgan fingerprint density at radius 3 is 2.79 bits per heavy atom. The van der Waals surface area contributed by atoms with Crippen LogP contribution in [0.25, 0.3) is 0 Å². The predicted molar refractivity (Wildman–Crippen MR) is 106 cm³/mol. The average molecular weight is 391 g/mol. The van der Waals surface area contributed by atoms with Crippen molar-refractivity contribution in [3.05, 3.63) is 11.6 Å². The summed E-state index contributed by atoms with van der Waals surface area (Å²) in [6.45, 7) is 9.15. The zero-order valence-electron chi connectivity index (χ0n) is 17.1. The van der Waals surface area contributed by atoms with Crippen LogP contribution in [0.15, 0.2) is 0 Å². The first-order valence-corrected chi connectivity index (χ1v) is 11.0. The summed E-state index contributed by atoms with van der Waals surface area (Å²) in [6, 6.07) is -0.0899. The molecule has 0 bridgehead atoms. The Hall–Kier alpha value is -1.51. The van der Waals surface area contributed by atoms with Crippen LogP contribution in [0.4, 0.5) is 0 Å². The Kier molecular flexibility index (Phi) is 6.59. The highest BCUT2D eigenvalue weighted by atomic mass is 16.5. The number of aryl methyl sites for hydroxylation is 1. The van der Waals surface area contributed by atoms with Crippen molar-refractivity contribution in [1.82, 2.24) is 29.9 Å². The topological polar surface area (TPSA) is 75.5 Å². The number of nitrogens with zero attached hydrogens (tertiary/aromatic N) is 5. The molecule has 0 radical (unpaired) electrons. The Bertz CT molecular complexity index is 649. The highest BCUT2D eigenvalue weighted by molar-refractivity contribution is 5.81. The summed E-state index contributed by atoms with van der Waals surface area (Å²) in [4.78, 5) is 17.2. The lowest BCUT2D eigenvalue weighted by Gasteiger charge is -2.37. The molecule has 1 aromatic rings. The molecular formula is C20H34N6O2. The van der Waals surface area contributed by atoms with Crippen molar-refractivity contribution >= 4 is 5.91 Å². The molecule has 2 fully saturated rings. The fourth-order valence-electron chi connectivity index (χ4n) is 4.50. The Morgan fingerprint density at radius 2 is 2.00 bits per heavy atom. The zero-order valence-corrected chi connectivity index (χ0v) is 17.1. The van der Waals surface area contributed by atoms with Gasteiger partial charge in [-0.15, -0.1) is 10.2 Å². The van der Waals surface area contributed by atoms with Crippen LogP contribution in [0.5, 0.6) is 0 Å². The molecule has 8 heteroatoms. The van der Waals surface area contributed by atoms with Gasteiger partial charge < -0.3 is 14.6 Å². The maximum absolute atomic E-state index is 12.5. The number of hydrogen-bond acceptors (Lipinski definition) is 6. The molecule has 2 atom stereocenters. The van der Waals surface area contributed by atoms with Crippen LogP contribution in [-0.4, -0.2) is 81.9 Å². The van der Waals surface area contributed by atoms with Crippen molar-refractivity contribution in [3.8, 4) is 0 Å². The van der Waals surface area contributed by atoms with E-state index in [1.54, 1.807) is 0 Å². The van der Waals surface area contributed by atoms with Gasteiger partial charge in [0.2, 0.25) is 5.91 Å². The van der Waals surface area contributed by atoms with E-state index in [0.717, 1.165) is 76.8 Å². The SMILES string of the molecule is C[C@H](C(=O)NC[C@@H]1CCCO1)N1CCN(Cc2nnc3n2CCCCC3)CC1. The normalized spacial score (nSPS) is 25.2. The van der Waals surface area contributed by atoms with E-state index < -0.39 is 0 Å². The summed E-state index contributed by atoms with van der Waals surface area (Å²) < 4.78 is 7.93. The third kappa shape index (κ3) is 4.72. The van der Waals surface area contributed by atoms with Crippen LogP contribution < -0.4 is 5.32 Å². The molecule has 28 heavy (non-hydrogen) atoms. The van der Waals surface area contributed by atoms with Crippen molar-refractivity contribution in [2.24, 2.45) is 0 Å². The molecule has 3 aliphatic rings. The molecule has 0 aromatic carbocycles. The molecule has 0 unspecified atom stereocenters. The summed E-state index contributed by atoms with van der Waals surface area (Å²) in [5, 5.41) is 11.9. The quantitative estimate of drug-likeness (QED) is 0.775. The number of nitrogens with one attached hydrogen (secondary N) is 1. The Morgan fingerprint density at radius 1 is 1.14 bits per heavy atom. The van der Waals surface area contributed by atoms with Gasteiger partial charge in [-0.25, -0.2) is 0 Å². The Balaban J connectivity index is 1.23. The maximum Gasteiger partial charge on any atom is 0.237 e. The summed E-state index contributed by atoms with van der Waals surface area (Å²) in [7, 11) is 0. The number of amides is 1. The number of ether oxygens (including phenoxy) is 1. The monoisotopic (exact) mass is 390 g/mol. The number of rotatable bonds is 6. The molecule has 156 valence electrons. The molecule has 1 aromatic heterocycles. The number of carbonyl (C=O) groups is 1. The van der Waals surface area contributed by atoms with Gasteiger partial charge in [-0.3, -0.25) is 14.6 Å². The number of carbonyl (C=O) groups excluding carboxylic acids is 1. The molecule has 3 aliphatic heterocycles. The average Bonchev–Trinajstić information content (AvgIpc) is 3.31. The molecule has 4 rings (SSSR count). The third-order valence-corrected chi connectivity index (χ3v) is 6.41. The second-order valence-corrected chi connectivity index (χ2v) is 8.36. The van der Waals surface area contributed by atoms with E-state index in [2.05, 4.69) is 29.9 Å². The first kappa shape index (κ1) is 19.8. The second kappa shape index (κ2) is 9.33. The smallest absolute Gasteiger partial charge is 0.237 e. The van der Waals surface area contributed by atoms with Gasteiger partial charge >= 0.3 is 0 Å². The molecule has 0 aliphatic carbocycles. The van der Waals surface area contributed by atoms with Gasteiger partial charge in [0.1, 0.15) is 11.6 Å². The highest BCUT2D eigenvalue weighted by Crippen LogP contribution is 2.17. The van der Waals surface area contributed by atoms with Gasteiger partial charge in [0.15, 0.2) is 0 Å². The first-order chi connectivity index (χ1) is 13.7. The highest BCUT2D eigenvalue weighted by Gasteiger charge is 2.27. The molecule has 0 spiro atoms. The van der Waals surface area contributed by atoms with Gasteiger partial charge in [0.05, 0.1) is 18.7 Å². The minimum Gasteiger partial charge on any atom is -0.376 e. The number of fused-ring (bicyclic) bond motifs is 1. The van der Waals surface area contributed by atoms with Crippen molar-refractivity contribution in [2.75, 3.05) is 39.3 Å². The van der Waals surface area contributed by atoms with E-state index in [-0.39, 0.29) is 18.1 Å². The largest absolute Gasteiger partial charge is 0.376 e. The van der Waals surface area contributed by atoms with Crippen LogP contribution in [0.2, 0.25) is 0 Å². The van der Waals surface area contributed by atoms with Crippen molar-refractivity contribution < 1.29 is 9.53 Å². The van der Waals surface area contributed by atoms with E-state index in [1.807, 2.05) is 6.92 Å². The van der Waals surface area contributed by atoms with E-state index in [9.17, 15) is 4.79 Å². The number of piperazine rings is 1. The third-order valence-electron chi connectivity index (χ3n) is 6.41. The predicted octanol–water partition coefficient (Wildman–Crippen LogP) is 0.806. The van der Waals surface area contributed by atoms with Gasteiger partial charge in [-0.2, -0.15) is 0 Å². The second-order valence-electron chi connectivity index (χ2n) is 8.36. The standard InChI is InChI=1S/C20H34N6O2/c1-16(20(27)21-14-17-6-5-13-28-17)25-11-9-24(10-12-25)15-19-23-22-18-7-3-2-4-8-26(18)19/h16-17H,2-15H2,1H3,(H,21,27)/t16-,17+/m1/s1. The van der Waals surface area contributed by atoms with Crippen LogP contribution >= 0.6 is 0 Å². The van der Waals surface area contributed by atoms with Gasteiger partial charge in [0, 0.05) is 52.3 Å². The van der Waals surface area contributed by atoms with Crippen LogP contribution in [0.1, 0.15) is 50.7 Å². The van der Waals surface area contributed by atoms with Crippen LogP contribution in [0.3, 0.4) is 0 Å². The summed E-state index contributed by atoms with van der Waals surface area (Å²) in [5.41, 5.74) is 0. The maximum atomic E-state index is 12.5. The number of aromatic nitrogens is 3. The molecule has 4 heterocycles. The molecule has 2 saturated heterocycles. The van der Waals surface area contributed by atoms with E-state index >= 15 is 0 Å². The summed E-state index contributed by atoms with van der Waals surface area (Å²) >= 11 is 0. The molecule has 1 N–H and O–H groups in total. The molecule has 1 amide bonds. The fraction of sp³-hybridized carbons (Fsp3) is 0.850. The minimum atomic E-state index is -0.0899. The van der Waals surface area contributed by atoms with Gasteiger partial charge in [-0.05, 0) is 32.6 Å². The molecule has 0 saturated carbocycles. The lowest BCUT2D eigenvalue weighted by atomic mass is 10.2. The summed E-state index contributed by atoms with van der Waals surface area (Å²) in [6.07, 6.45) is 7.15. The lowest BCUT2D eigenvalue weighted by molar-refractivity contribution is -0.127. The van der Waals surface area contributed by atoms with Gasteiger partial charge in [0.25, 0.3) is 0 Å². The van der Waals surface area contributed by atoms with E-state index in [0.29, 0.717) is 6.54 Å². The summed E-state index contributed by atoms with van der Waals surface area (Å²) in [5.74, 6) is 2.38. The van der Waals surface area contributed by atoms with E-state index in [1.165, 1.54) is 19.3 Å².